The van der Waals surface area contributed by atoms with E-state index in [9.17, 15) is 8.42 Å². The zero-order valence-corrected chi connectivity index (χ0v) is 12.6. The summed E-state index contributed by atoms with van der Waals surface area (Å²) in [5, 5.41) is 3.34. The molecule has 0 saturated carbocycles. The monoisotopic (exact) mass is 308 g/mol. The molecule has 0 aromatic carbocycles. The van der Waals surface area contributed by atoms with Crippen LogP contribution in [0.25, 0.3) is 0 Å². The van der Waals surface area contributed by atoms with E-state index in [0.29, 0.717) is 21.1 Å². The minimum absolute atomic E-state index is 0.296. The van der Waals surface area contributed by atoms with Gasteiger partial charge in [-0.1, -0.05) is 11.6 Å². The lowest BCUT2D eigenvalue weighted by Gasteiger charge is -2.10. The van der Waals surface area contributed by atoms with Crippen LogP contribution >= 0.6 is 22.9 Å². The van der Waals surface area contributed by atoms with Gasteiger partial charge in [0.15, 0.2) is 0 Å². The molecule has 2 N–H and O–H groups in total. The summed E-state index contributed by atoms with van der Waals surface area (Å²) in [6.07, 6.45) is 3.14. The summed E-state index contributed by atoms with van der Waals surface area (Å²) in [6, 6.07) is 2.06. The molecule has 0 aliphatic carbocycles. The van der Waals surface area contributed by atoms with Gasteiger partial charge in [-0.05, 0) is 44.4 Å². The van der Waals surface area contributed by atoms with Crippen molar-refractivity contribution in [1.29, 1.82) is 0 Å². The minimum atomic E-state index is -3.40. The Bertz CT molecular complexity index is 488. The SMILES string of the molecule is Cc1cc(S(=O)(=O)NCCC2CCCN2)sc1Cl. The Morgan fingerprint density at radius 3 is 2.94 bits per heavy atom. The maximum atomic E-state index is 12.0. The third-order valence-electron chi connectivity index (χ3n) is 3.05. The molecule has 0 spiro atoms. The van der Waals surface area contributed by atoms with Crippen molar-refractivity contribution in [2.75, 3.05) is 13.1 Å². The van der Waals surface area contributed by atoms with Gasteiger partial charge >= 0.3 is 0 Å². The summed E-state index contributed by atoms with van der Waals surface area (Å²) < 4.78 is 27.4. The molecule has 1 aromatic heterocycles. The zero-order valence-electron chi connectivity index (χ0n) is 10.2. The van der Waals surface area contributed by atoms with Crippen LogP contribution in [0.15, 0.2) is 10.3 Å². The zero-order chi connectivity index (χ0) is 13.2. The quantitative estimate of drug-likeness (QED) is 0.876. The second-order valence-corrected chi connectivity index (χ2v) is 8.15. The van der Waals surface area contributed by atoms with E-state index in [4.69, 9.17) is 11.6 Å². The van der Waals surface area contributed by atoms with Crippen molar-refractivity contribution in [3.8, 4) is 0 Å². The molecule has 1 unspecified atom stereocenters. The van der Waals surface area contributed by atoms with E-state index < -0.39 is 10.0 Å². The molecule has 0 bridgehead atoms. The Labute approximate surface area is 117 Å². The van der Waals surface area contributed by atoms with Crippen LogP contribution in [-0.4, -0.2) is 27.5 Å². The van der Waals surface area contributed by atoms with Crippen LogP contribution in [0.2, 0.25) is 4.34 Å². The van der Waals surface area contributed by atoms with Gasteiger partial charge in [0.05, 0.1) is 4.34 Å². The second-order valence-electron chi connectivity index (χ2n) is 4.50. The van der Waals surface area contributed by atoms with Gasteiger partial charge in [-0.15, -0.1) is 11.3 Å². The topological polar surface area (TPSA) is 58.2 Å². The van der Waals surface area contributed by atoms with Crippen molar-refractivity contribution in [3.63, 3.8) is 0 Å². The Morgan fingerprint density at radius 1 is 1.61 bits per heavy atom. The summed E-state index contributed by atoms with van der Waals surface area (Å²) in [7, 11) is -3.40. The fourth-order valence-corrected chi connectivity index (χ4v) is 4.81. The highest BCUT2D eigenvalue weighted by molar-refractivity contribution is 7.91. The highest BCUT2D eigenvalue weighted by Gasteiger charge is 2.19. The number of aryl methyl sites for hydroxylation is 1. The maximum absolute atomic E-state index is 12.0. The standard InChI is InChI=1S/C11H17ClN2O2S2/c1-8-7-10(17-11(8)12)18(15,16)14-6-4-9-3-2-5-13-9/h7,9,13-14H,2-6H2,1H3. The first-order valence-electron chi connectivity index (χ1n) is 5.98. The van der Waals surface area contributed by atoms with Crippen molar-refractivity contribution in [2.24, 2.45) is 0 Å². The van der Waals surface area contributed by atoms with E-state index in [0.717, 1.165) is 36.3 Å². The van der Waals surface area contributed by atoms with Crippen molar-refractivity contribution in [3.05, 3.63) is 16.0 Å². The molecule has 0 amide bonds. The van der Waals surface area contributed by atoms with Gasteiger partial charge < -0.3 is 5.32 Å². The molecule has 1 atom stereocenters. The third kappa shape index (κ3) is 3.45. The van der Waals surface area contributed by atoms with Crippen molar-refractivity contribution >= 4 is 33.0 Å². The number of hydrogen-bond acceptors (Lipinski definition) is 4. The van der Waals surface area contributed by atoms with Gasteiger partial charge in [-0.2, -0.15) is 0 Å². The van der Waals surface area contributed by atoms with E-state index in [1.54, 1.807) is 13.0 Å². The Morgan fingerprint density at radius 2 is 2.39 bits per heavy atom. The molecule has 1 aliphatic rings. The van der Waals surface area contributed by atoms with Gasteiger partial charge in [0.2, 0.25) is 10.0 Å². The molecule has 102 valence electrons. The predicted octanol–water partition coefficient (Wildman–Crippen LogP) is 2.13. The number of rotatable bonds is 5. The first kappa shape index (κ1) is 14.3. The first-order valence-corrected chi connectivity index (χ1v) is 8.66. The lowest BCUT2D eigenvalue weighted by molar-refractivity contribution is 0.540. The van der Waals surface area contributed by atoms with Gasteiger partial charge in [0.1, 0.15) is 4.21 Å². The van der Waals surface area contributed by atoms with E-state index >= 15 is 0 Å². The summed E-state index contributed by atoms with van der Waals surface area (Å²) in [5.41, 5.74) is 0.805. The van der Waals surface area contributed by atoms with E-state index in [-0.39, 0.29) is 0 Å². The molecule has 2 heterocycles. The predicted molar refractivity (Wildman–Crippen MR) is 74.9 cm³/mol. The summed E-state index contributed by atoms with van der Waals surface area (Å²) in [6.45, 7) is 3.31. The molecular formula is C11H17ClN2O2S2. The van der Waals surface area contributed by atoms with Crippen LogP contribution in [0, 0.1) is 6.92 Å². The fraction of sp³-hybridized carbons (Fsp3) is 0.636. The molecule has 1 aromatic rings. The van der Waals surface area contributed by atoms with Gasteiger partial charge in [0, 0.05) is 12.6 Å². The second kappa shape index (κ2) is 5.88. The van der Waals surface area contributed by atoms with E-state index in [1.807, 2.05) is 0 Å². The Kier molecular flexibility index (Phi) is 4.66. The molecule has 0 radical (unpaired) electrons. The Hall–Kier alpha value is -0.140. The maximum Gasteiger partial charge on any atom is 0.250 e. The summed E-state index contributed by atoms with van der Waals surface area (Å²) >= 11 is 6.99. The molecule has 4 nitrogen and oxygen atoms in total. The molecular weight excluding hydrogens is 292 g/mol. The number of sulfonamides is 1. The number of hydrogen-bond donors (Lipinski definition) is 2. The van der Waals surface area contributed by atoms with Crippen LogP contribution in [0.1, 0.15) is 24.8 Å². The molecule has 1 fully saturated rings. The molecule has 18 heavy (non-hydrogen) atoms. The summed E-state index contributed by atoms with van der Waals surface area (Å²) in [5.74, 6) is 0. The largest absolute Gasteiger partial charge is 0.314 e. The number of thiophene rings is 1. The van der Waals surface area contributed by atoms with Crippen LogP contribution in [0.5, 0.6) is 0 Å². The van der Waals surface area contributed by atoms with Crippen LogP contribution < -0.4 is 10.0 Å². The van der Waals surface area contributed by atoms with Crippen molar-refractivity contribution in [1.82, 2.24) is 10.0 Å². The number of halogens is 1. The molecule has 1 aliphatic heterocycles. The smallest absolute Gasteiger partial charge is 0.250 e. The van der Waals surface area contributed by atoms with Gasteiger partial charge in [-0.25, -0.2) is 13.1 Å². The van der Waals surface area contributed by atoms with Crippen LogP contribution in [0.3, 0.4) is 0 Å². The van der Waals surface area contributed by atoms with Crippen LogP contribution in [-0.2, 0) is 10.0 Å². The Balaban J connectivity index is 1.90. The normalized spacial score (nSPS) is 20.4. The van der Waals surface area contributed by atoms with Gasteiger partial charge in [0.25, 0.3) is 0 Å². The highest BCUT2D eigenvalue weighted by Crippen LogP contribution is 2.29. The minimum Gasteiger partial charge on any atom is -0.314 e. The average molecular weight is 309 g/mol. The molecule has 7 heteroatoms. The first-order chi connectivity index (χ1) is 8.49. The number of nitrogens with one attached hydrogen (secondary N) is 2. The van der Waals surface area contributed by atoms with E-state index in [1.165, 1.54) is 6.42 Å². The lowest BCUT2D eigenvalue weighted by Crippen LogP contribution is -2.30. The highest BCUT2D eigenvalue weighted by atomic mass is 35.5. The molecule has 1 saturated heterocycles. The average Bonchev–Trinajstić information content (AvgIpc) is 2.90. The fourth-order valence-electron chi connectivity index (χ4n) is 2.01. The lowest BCUT2D eigenvalue weighted by atomic mass is 10.2. The van der Waals surface area contributed by atoms with Crippen molar-refractivity contribution in [2.45, 2.75) is 36.4 Å². The summed E-state index contributed by atoms with van der Waals surface area (Å²) in [4.78, 5) is 0. The third-order valence-corrected chi connectivity index (χ3v) is 6.54. The van der Waals surface area contributed by atoms with Gasteiger partial charge in [-0.3, -0.25) is 0 Å². The van der Waals surface area contributed by atoms with Crippen molar-refractivity contribution < 1.29 is 8.42 Å². The molecule has 2 rings (SSSR count). The van der Waals surface area contributed by atoms with Crippen LogP contribution in [0.4, 0.5) is 0 Å². The van der Waals surface area contributed by atoms with E-state index in [2.05, 4.69) is 10.0 Å².